The van der Waals surface area contributed by atoms with E-state index in [4.69, 9.17) is 9.47 Å². The minimum atomic E-state index is -0.358. The molecular formula is C19H31N3O3S. The lowest BCUT2D eigenvalue weighted by Gasteiger charge is -2.51. The lowest BCUT2D eigenvalue weighted by Crippen LogP contribution is -2.63. The number of hydrogen-bond acceptors (Lipinski definition) is 5. The second-order valence-electron chi connectivity index (χ2n) is 8.99. The van der Waals surface area contributed by atoms with Gasteiger partial charge in [0.15, 0.2) is 5.16 Å². The molecule has 26 heavy (non-hydrogen) atoms. The van der Waals surface area contributed by atoms with Gasteiger partial charge in [-0.25, -0.2) is 4.98 Å². The Bertz CT molecular complexity index is 645. The first-order valence-corrected chi connectivity index (χ1v) is 10.3. The summed E-state index contributed by atoms with van der Waals surface area (Å²) in [5.74, 6) is 0.528. The van der Waals surface area contributed by atoms with Crippen molar-refractivity contribution < 1.29 is 14.3 Å². The zero-order valence-corrected chi connectivity index (χ0v) is 17.4. The Balaban J connectivity index is 1.66. The van der Waals surface area contributed by atoms with Crippen LogP contribution < -0.4 is 0 Å². The standard InChI is InChI=1S/C19H31N3O3S/c1-17(2,3)22-9-8-20-16(22)26-11-15(23)21-12-18(4,5)25-19(13-21)7-6-10-24-14-19/h8-9H,6-7,10-14H2,1-5H3. The van der Waals surface area contributed by atoms with Crippen LogP contribution in [0.25, 0.3) is 0 Å². The fourth-order valence-corrected chi connectivity index (χ4v) is 4.89. The summed E-state index contributed by atoms with van der Waals surface area (Å²) >= 11 is 1.51. The van der Waals surface area contributed by atoms with E-state index in [1.54, 1.807) is 6.20 Å². The van der Waals surface area contributed by atoms with E-state index in [1.807, 2.05) is 11.1 Å². The summed E-state index contributed by atoms with van der Waals surface area (Å²) in [5, 5.41) is 0.883. The average molecular weight is 382 g/mol. The fraction of sp³-hybridized carbons (Fsp3) is 0.789. The van der Waals surface area contributed by atoms with Gasteiger partial charge in [-0.05, 0) is 47.5 Å². The number of amides is 1. The number of thioether (sulfide) groups is 1. The molecule has 1 unspecified atom stereocenters. The molecule has 2 fully saturated rings. The first kappa shape index (κ1) is 19.7. The van der Waals surface area contributed by atoms with E-state index >= 15 is 0 Å². The van der Waals surface area contributed by atoms with Gasteiger partial charge in [-0.1, -0.05) is 11.8 Å². The smallest absolute Gasteiger partial charge is 0.233 e. The number of imidazole rings is 1. The molecule has 0 saturated carbocycles. The summed E-state index contributed by atoms with van der Waals surface area (Å²) in [6, 6.07) is 0. The number of rotatable bonds is 3. The molecule has 0 radical (unpaired) electrons. The summed E-state index contributed by atoms with van der Waals surface area (Å²) < 4.78 is 14.1. The number of hydrogen-bond donors (Lipinski definition) is 0. The SMILES string of the molecule is CC1(C)CN(C(=O)CSc2nccn2C(C)(C)C)CC2(CCCOC2)O1. The summed E-state index contributed by atoms with van der Waals surface area (Å²) in [5.41, 5.74) is -0.764. The van der Waals surface area contributed by atoms with Crippen LogP contribution in [0.4, 0.5) is 0 Å². The van der Waals surface area contributed by atoms with Crippen molar-refractivity contribution in [2.45, 2.75) is 69.4 Å². The van der Waals surface area contributed by atoms with Crippen molar-refractivity contribution in [3.05, 3.63) is 12.4 Å². The van der Waals surface area contributed by atoms with Gasteiger partial charge in [0.1, 0.15) is 5.60 Å². The van der Waals surface area contributed by atoms with Crippen LogP contribution >= 0.6 is 11.8 Å². The number of morpholine rings is 1. The fourth-order valence-electron chi connectivity index (χ4n) is 3.85. The van der Waals surface area contributed by atoms with Crippen LogP contribution in [0, 0.1) is 0 Å². The molecule has 7 heteroatoms. The van der Waals surface area contributed by atoms with Gasteiger partial charge in [-0.15, -0.1) is 0 Å². The van der Waals surface area contributed by atoms with Crippen LogP contribution in [0.2, 0.25) is 0 Å². The van der Waals surface area contributed by atoms with Crippen molar-refractivity contribution in [1.29, 1.82) is 0 Å². The number of nitrogens with zero attached hydrogens (tertiary/aromatic N) is 3. The van der Waals surface area contributed by atoms with Crippen LogP contribution in [0.5, 0.6) is 0 Å². The van der Waals surface area contributed by atoms with Crippen LogP contribution in [0.3, 0.4) is 0 Å². The lowest BCUT2D eigenvalue weighted by atomic mass is 9.90. The van der Waals surface area contributed by atoms with Gasteiger partial charge in [0.2, 0.25) is 5.91 Å². The third kappa shape index (κ3) is 4.43. The van der Waals surface area contributed by atoms with E-state index in [-0.39, 0.29) is 22.6 Å². The van der Waals surface area contributed by atoms with Gasteiger partial charge < -0.3 is 18.9 Å². The molecule has 0 aliphatic carbocycles. The molecule has 2 aliphatic rings. The largest absolute Gasteiger partial charge is 0.378 e. The van der Waals surface area contributed by atoms with Gasteiger partial charge >= 0.3 is 0 Å². The predicted molar refractivity (Wildman–Crippen MR) is 102 cm³/mol. The summed E-state index contributed by atoms with van der Waals surface area (Å²) in [6.45, 7) is 13.1. The van der Waals surface area contributed by atoms with Crippen molar-refractivity contribution in [1.82, 2.24) is 14.5 Å². The first-order chi connectivity index (χ1) is 12.1. The molecule has 6 nitrogen and oxygen atoms in total. The molecule has 3 heterocycles. The van der Waals surface area contributed by atoms with E-state index in [0.29, 0.717) is 25.4 Å². The number of aromatic nitrogens is 2. The molecule has 0 bridgehead atoms. The second kappa shape index (κ2) is 7.17. The highest BCUT2D eigenvalue weighted by atomic mass is 32.2. The summed E-state index contributed by atoms with van der Waals surface area (Å²) in [4.78, 5) is 19.3. The zero-order chi connectivity index (χ0) is 19.0. The highest BCUT2D eigenvalue weighted by Crippen LogP contribution is 2.35. The van der Waals surface area contributed by atoms with Gasteiger partial charge in [0.05, 0.1) is 24.5 Å². The van der Waals surface area contributed by atoms with E-state index in [9.17, 15) is 4.79 Å². The minimum Gasteiger partial charge on any atom is -0.378 e. The molecule has 2 saturated heterocycles. The Morgan fingerprint density at radius 2 is 2.12 bits per heavy atom. The predicted octanol–water partition coefficient (Wildman–Crippen LogP) is 2.92. The van der Waals surface area contributed by atoms with Crippen LogP contribution in [0.1, 0.15) is 47.5 Å². The van der Waals surface area contributed by atoms with Crippen LogP contribution in [-0.4, -0.2) is 63.6 Å². The molecular weight excluding hydrogens is 350 g/mol. The lowest BCUT2D eigenvalue weighted by molar-refractivity contribution is -0.231. The van der Waals surface area contributed by atoms with Crippen molar-refractivity contribution in [3.63, 3.8) is 0 Å². The third-order valence-electron chi connectivity index (χ3n) is 4.84. The normalized spacial score (nSPS) is 26.3. The Labute approximate surface area is 160 Å². The number of carbonyl (C=O) groups excluding carboxylic acids is 1. The maximum absolute atomic E-state index is 12.9. The van der Waals surface area contributed by atoms with Crippen LogP contribution in [0.15, 0.2) is 17.6 Å². The van der Waals surface area contributed by atoms with Crippen molar-refractivity contribution >= 4 is 17.7 Å². The zero-order valence-electron chi connectivity index (χ0n) is 16.6. The van der Waals surface area contributed by atoms with Gasteiger partial charge in [0, 0.05) is 31.1 Å². The molecule has 3 rings (SSSR count). The van der Waals surface area contributed by atoms with Crippen molar-refractivity contribution in [3.8, 4) is 0 Å². The topological polar surface area (TPSA) is 56.6 Å². The monoisotopic (exact) mass is 381 g/mol. The van der Waals surface area contributed by atoms with Crippen LogP contribution in [-0.2, 0) is 19.8 Å². The quantitative estimate of drug-likeness (QED) is 0.754. The molecule has 1 aromatic heterocycles. The second-order valence-corrected chi connectivity index (χ2v) is 9.93. The number of ether oxygens (including phenoxy) is 2. The third-order valence-corrected chi connectivity index (χ3v) is 5.79. The number of carbonyl (C=O) groups is 1. The molecule has 1 amide bonds. The minimum absolute atomic E-state index is 0.0493. The molecule has 1 aromatic rings. The summed E-state index contributed by atoms with van der Waals surface area (Å²) in [7, 11) is 0. The van der Waals surface area contributed by atoms with E-state index in [0.717, 1.165) is 24.6 Å². The highest BCUT2D eigenvalue weighted by molar-refractivity contribution is 7.99. The van der Waals surface area contributed by atoms with Gasteiger partial charge in [-0.2, -0.15) is 0 Å². The molecule has 146 valence electrons. The first-order valence-electron chi connectivity index (χ1n) is 9.33. The summed E-state index contributed by atoms with van der Waals surface area (Å²) in [6.07, 6.45) is 5.70. The van der Waals surface area contributed by atoms with Crippen molar-refractivity contribution in [2.75, 3.05) is 32.1 Å². The Kier molecular flexibility index (Phi) is 5.43. The molecule has 1 atom stereocenters. The Morgan fingerprint density at radius 3 is 2.77 bits per heavy atom. The Hall–Kier alpha value is -1.05. The van der Waals surface area contributed by atoms with E-state index < -0.39 is 0 Å². The van der Waals surface area contributed by atoms with Gasteiger partial charge in [-0.3, -0.25) is 4.79 Å². The van der Waals surface area contributed by atoms with E-state index in [1.165, 1.54) is 11.8 Å². The molecule has 0 aromatic carbocycles. The highest BCUT2D eigenvalue weighted by Gasteiger charge is 2.46. The maximum atomic E-state index is 12.9. The van der Waals surface area contributed by atoms with Gasteiger partial charge in [0.25, 0.3) is 0 Å². The average Bonchev–Trinajstić information content (AvgIpc) is 3.00. The molecule has 0 N–H and O–H groups in total. The van der Waals surface area contributed by atoms with E-state index in [2.05, 4.69) is 44.2 Å². The van der Waals surface area contributed by atoms with Crippen molar-refractivity contribution in [2.24, 2.45) is 0 Å². The maximum Gasteiger partial charge on any atom is 0.233 e. The Morgan fingerprint density at radius 1 is 1.35 bits per heavy atom. The molecule has 1 spiro atoms. The molecule has 2 aliphatic heterocycles.